The van der Waals surface area contributed by atoms with Crippen molar-refractivity contribution < 1.29 is 28.5 Å². The molecule has 0 fully saturated rings. The number of aromatic nitrogens is 3. The number of methoxy groups -OCH3 is 2. The quantitative estimate of drug-likeness (QED) is 0.386. The molecule has 10 nitrogen and oxygen atoms in total. The second-order valence-corrected chi connectivity index (χ2v) is 6.79. The van der Waals surface area contributed by atoms with Crippen molar-refractivity contribution in [1.82, 2.24) is 15.0 Å². The number of benzene rings is 1. The number of allylic oxidation sites excluding steroid dienone is 2. The van der Waals surface area contributed by atoms with E-state index in [9.17, 15) is 9.59 Å². The van der Waals surface area contributed by atoms with E-state index in [0.29, 0.717) is 47.2 Å². The lowest BCUT2D eigenvalue weighted by Gasteiger charge is -2.16. The van der Waals surface area contributed by atoms with Crippen LogP contribution in [0.2, 0.25) is 0 Å². The maximum Gasteiger partial charge on any atom is 0.223 e. The molecule has 0 saturated heterocycles. The average Bonchev–Trinajstić information content (AvgIpc) is 2.83. The summed E-state index contributed by atoms with van der Waals surface area (Å²) in [6.07, 6.45) is 6.67. The molecule has 0 amide bonds. The van der Waals surface area contributed by atoms with Gasteiger partial charge in [-0.05, 0) is 18.2 Å². The molecule has 4 rings (SSSR count). The van der Waals surface area contributed by atoms with Gasteiger partial charge in [-0.25, -0.2) is 9.97 Å². The van der Waals surface area contributed by atoms with Crippen LogP contribution in [-0.2, 0) is 14.3 Å². The summed E-state index contributed by atoms with van der Waals surface area (Å²) in [6.45, 7) is 0.760. The first kappa shape index (κ1) is 21.9. The summed E-state index contributed by atoms with van der Waals surface area (Å²) in [6, 6.07) is 6.70. The number of hydrogen-bond acceptors (Lipinski definition) is 10. The molecule has 1 aromatic carbocycles. The van der Waals surface area contributed by atoms with Crippen LogP contribution in [-0.4, -0.2) is 54.0 Å². The fraction of sp³-hybridized carbons (Fsp3) is 0.174. The van der Waals surface area contributed by atoms with Crippen LogP contribution in [0.5, 0.6) is 17.2 Å². The van der Waals surface area contributed by atoms with E-state index in [1.165, 1.54) is 25.7 Å². The van der Waals surface area contributed by atoms with Gasteiger partial charge in [0.1, 0.15) is 24.5 Å². The summed E-state index contributed by atoms with van der Waals surface area (Å²) < 4.78 is 21.6. The highest BCUT2D eigenvalue weighted by atomic mass is 16.5. The van der Waals surface area contributed by atoms with Crippen molar-refractivity contribution in [3.05, 3.63) is 66.6 Å². The first-order chi connectivity index (χ1) is 16.1. The Morgan fingerprint density at radius 3 is 2.64 bits per heavy atom. The molecule has 0 spiro atoms. The van der Waals surface area contributed by atoms with Gasteiger partial charge in [0.2, 0.25) is 11.6 Å². The standard InChI is InChI=1S/C23H20N4O6/c1-30-6-7-32-22-10-16-15(8-21(22)31-2)23(26-13-25-16)27-17-9-19(29)20(11-18(17)28)33-14-4-3-5-24-12-14/h3-5,8-13H,6-7H2,1-2H3,(H,25,26,27). The number of carbonyl (C=O) groups is 2. The van der Waals surface area contributed by atoms with E-state index in [4.69, 9.17) is 18.9 Å². The average molecular weight is 448 g/mol. The van der Waals surface area contributed by atoms with E-state index in [2.05, 4.69) is 20.3 Å². The molecule has 0 radical (unpaired) electrons. The molecular formula is C23H20N4O6. The number of pyridine rings is 1. The number of ketones is 2. The molecule has 2 heterocycles. The van der Waals surface area contributed by atoms with Crippen LogP contribution in [0.25, 0.3) is 10.9 Å². The van der Waals surface area contributed by atoms with Gasteiger partial charge in [-0.3, -0.25) is 14.6 Å². The largest absolute Gasteiger partial charge is 0.493 e. The minimum atomic E-state index is -0.467. The normalized spacial score (nSPS) is 13.4. The number of anilines is 1. The molecule has 0 aliphatic heterocycles. The molecule has 3 aromatic rings. The summed E-state index contributed by atoms with van der Waals surface area (Å²) in [5.41, 5.74) is 0.616. The highest BCUT2D eigenvalue weighted by Crippen LogP contribution is 2.34. The monoisotopic (exact) mass is 448 g/mol. The number of nitrogens with zero attached hydrogens (tertiary/aromatic N) is 3. The molecule has 2 aromatic heterocycles. The SMILES string of the molecule is COCCOc1cc2ncnc(NC3=CC(=O)C(Oc4cccnc4)=CC3=O)c2cc1OC. The second-order valence-electron chi connectivity index (χ2n) is 6.79. The van der Waals surface area contributed by atoms with E-state index in [1.807, 2.05) is 0 Å². The van der Waals surface area contributed by atoms with Crippen molar-refractivity contribution in [3.63, 3.8) is 0 Å². The Morgan fingerprint density at radius 1 is 1.00 bits per heavy atom. The number of nitrogens with one attached hydrogen (secondary N) is 1. The second kappa shape index (κ2) is 9.88. The first-order valence-electron chi connectivity index (χ1n) is 9.90. The van der Waals surface area contributed by atoms with Crippen molar-refractivity contribution >= 4 is 28.3 Å². The minimum absolute atomic E-state index is 0.0536. The zero-order valence-electron chi connectivity index (χ0n) is 17.9. The maximum atomic E-state index is 12.6. The third-order valence-electron chi connectivity index (χ3n) is 4.63. The third kappa shape index (κ3) is 4.96. The smallest absolute Gasteiger partial charge is 0.223 e. The molecule has 10 heteroatoms. The number of hydrogen-bond donors (Lipinski definition) is 1. The van der Waals surface area contributed by atoms with Gasteiger partial charge in [0.15, 0.2) is 17.3 Å². The predicted octanol–water partition coefficient (Wildman–Crippen LogP) is 2.47. The summed E-state index contributed by atoms with van der Waals surface area (Å²) in [5.74, 6) is 0.646. The third-order valence-corrected chi connectivity index (χ3v) is 4.63. The van der Waals surface area contributed by atoms with Crippen molar-refractivity contribution in [2.75, 3.05) is 32.8 Å². The minimum Gasteiger partial charge on any atom is -0.493 e. The molecule has 0 atom stereocenters. The van der Waals surface area contributed by atoms with E-state index >= 15 is 0 Å². The summed E-state index contributed by atoms with van der Waals surface area (Å²) in [7, 11) is 3.10. The van der Waals surface area contributed by atoms with Crippen molar-refractivity contribution in [1.29, 1.82) is 0 Å². The number of ether oxygens (including phenoxy) is 4. The lowest BCUT2D eigenvalue weighted by Crippen LogP contribution is -2.21. The van der Waals surface area contributed by atoms with Crippen LogP contribution >= 0.6 is 0 Å². The van der Waals surface area contributed by atoms with Gasteiger partial charge in [0, 0.05) is 36.9 Å². The van der Waals surface area contributed by atoms with Crippen LogP contribution in [0.1, 0.15) is 0 Å². The van der Waals surface area contributed by atoms with Gasteiger partial charge in [0.25, 0.3) is 0 Å². The Kier molecular flexibility index (Phi) is 6.56. The highest BCUT2D eigenvalue weighted by molar-refractivity contribution is 6.20. The van der Waals surface area contributed by atoms with E-state index in [-0.39, 0.29) is 11.5 Å². The zero-order valence-corrected chi connectivity index (χ0v) is 17.9. The van der Waals surface area contributed by atoms with E-state index < -0.39 is 11.6 Å². The van der Waals surface area contributed by atoms with Gasteiger partial charge in [-0.2, -0.15) is 0 Å². The lowest BCUT2D eigenvalue weighted by atomic mass is 10.1. The van der Waals surface area contributed by atoms with Gasteiger partial charge in [-0.15, -0.1) is 0 Å². The molecule has 0 unspecified atom stereocenters. The van der Waals surface area contributed by atoms with E-state index in [0.717, 1.165) is 6.08 Å². The van der Waals surface area contributed by atoms with Crippen molar-refractivity contribution in [2.24, 2.45) is 0 Å². The van der Waals surface area contributed by atoms with Crippen LogP contribution in [0.4, 0.5) is 5.82 Å². The van der Waals surface area contributed by atoms with Gasteiger partial charge >= 0.3 is 0 Å². The molecule has 0 bridgehead atoms. The number of rotatable bonds is 9. The molecule has 1 aliphatic carbocycles. The lowest BCUT2D eigenvalue weighted by molar-refractivity contribution is -0.116. The topological polar surface area (TPSA) is 122 Å². The Bertz CT molecular complexity index is 1260. The summed E-state index contributed by atoms with van der Waals surface area (Å²) in [4.78, 5) is 37.6. The summed E-state index contributed by atoms with van der Waals surface area (Å²) >= 11 is 0. The van der Waals surface area contributed by atoms with Crippen LogP contribution in [0.15, 0.2) is 66.6 Å². The highest BCUT2D eigenvalue weighted by Gasteiger charge is 2.23. The Labute approximate surface area is 188 Å². The van der Waals surface area contributed by atoms with Crippen LogP contribution < -0.4 is 19.5 Å². The zero-order chi connectivity index (χ0) is 23.2. The number of carbonyl (C=O) groups excluding carboxylic acids is 2. The van der Waals surface area contributed by atoms with Gasteiger partial charge in [-0.1, -0.05) is 0 Å². The van der Waals surface area contributed by atoms with Crippen LogP contribution in [0, 0.1) is 0 Å². The molecule has 168 valence electrons. The summed E-state index contributed by atoms with van der Waals surface area (Å²) in [5, 5.41) is 3.50. The van der Waals surface area contributed by atoms with Crippen molar-refractivity contribution in [3.8, 4) is 17.2 Å². The van der Waals surface area contributed by atoms with E-state index in [1.54, 1.807) is 37.6 Å². The Balaban J connectivity index is 1.58. The maximum absolute atomic E-state index is 12.6. The molecule has 33 heavy (non-hydrogen) atoms. The van der Waals surface area contributed by atoms with Crippen molar-refractivity contribution in [2.45, 2.75) is 0 Å². The molecule has 1 aliphatic rings. The number of fused-ring (bicyclic) bond motifs is 1. The fourth-order valence-electron chi connectivity index (χ4n) is 3.05. The van der Waals surface area contributed by atoms with Gasteiger partial charge < -0.3 is 24.3 Å². The Morgan fingerprint density at radius 2 is 1.88 bits per heavy atom. The molecule has 1 N–H and O–H groups in total. The molecular weight excluding hydrogens is 428 g/mol. The fourth-order valence-corrected chi connectivity index (χ4v) is 3.05. The van der Waals surface area contributed by atoms with Crippen LogP contribution in [0.3, 0.4) is 0 Å². The molecule has 0 saturated carbocycles. The first-order valence-corrected chi connectivity index (χ1v) is 9.90. The van der Waals surface area contributed by atoms with Gasteiger partial charge in [0.05, 0.1) is 31.1 Å². The Hall–Kier alpha value is -4.31. The predicted molar refractivity (Wildman–Crippen MR) is 118 cm³/mol.